The van der Waals surface area contributed by atoms with Crippen molar-refractivity contribution >= 4 is 27.5 Å². The number of aromatic amines is 1. The Morgan fingerprint density at radius 1 is 1.42 bits per heavy atom. The minimum atomic E-state index is -3.54. The minimum absolute atomic E-state index is 0.203. The number of hydrogen-bond acceptors (Lipinski definition) is 8. The summed E-state index contributed by atoms with van der Waals surface area (Å²) in [6, 6.07) is 0. The molecule has 1 amide bonds. The van der Waals surface area contributed by atoms with E-state index >= 15 is 0 Å². The molecular weight excluding hydrogens is 360 g/mol. The number of carbonyl (C=O) groups is 1. The Kier molecular flexibility index (Phi) is 4.13. The Bertz CT molecular complexity index is 947. The third kappa shape index (κ3) is 2.70. The summed E-state index contributed by atoms with van der Waals surface area (Å²) in [4.78, 5) is 39.1. The number of fused-ring (bicyclic) bond motifs is 1. The predicted octanol–water partition coefficient (Wildman–Crippen LogP) is -1.94. The fraction of sp³-hybridized carbons (Fsp3) is 0.500. The number of thioether (sulfide) groups is 1. The van der Waals surface area contributed by atoms with E-state index in [1.54, 1.807) is 0 Å². The van der Waals surface area contributed by atoms with Crippen molar-refractivity contribution in [1.82, 2.24) is 19.7 Å². The largest absolute Gasteiger partial charge is 0.368 e. The Morgan fingerprint density at radius 2 is 2.12 bits per heavy atom. The van der Waals surface area contributed by atoms with Gasteiger partial charge in [0.2, 0.25) is 0 Å². The minimum Gasteiger partial charge on any atom is -0.368 e. The molecule has 0 spiro atoms. The molecule has 0 aliphatic carbocycles. The molecule has 0 aromatic carbocycles. The van der Waals surface area contributed by atoms with Crippen molar-refractivity contribution in [3.63, 3.8) is 0 Å². The Morgan fingerprint density at radius 3 is 2.79 bits per heavy atom. The van der Waals surface area contributed by atoms with Crippen LogP contribution in [0.15, 0.2) is 26.5 Å². The fourth-order valence-electron chi connectivity index (χ4n) is 2.58. The molecule has 12 heteroatoms. The SMILES string of the molecule is COC1C(=O)N2C=C(CSc3nc(=O)c(=O)[nH]n3C)CS(=O)(=O)[C@H]12. The molecular formula is C12H14N4O6S2. The molecule has 1 N–H and O–H groups in total. The Balaban J connectivity index is 1.80. The summed E-state index contributed by atoms with van der Waals surface area (Å²) < 4.78 is 30.8. The van der Waals surface area contributed by atoms with E-state index in [-0.39, 0.29) is 16.7 Å². The number of nitrogens with one attached hydrogen (secondary N) is 1. The first-order chi connectivity index (χ1) is 11.2. The van der Waals surface area contributed by atoms with Gasteiger partial charge in [-0.1, -0.05) is 11.8 Å². The van der Waals surface area contributed by atoms with Gasteiger partial charge in [0, 0.05) is 26.1 Å². The average molecular weight is 374 g/mol. The van der Waals surface area contributed by atoms with Gasteiger partial charge in [-0.3, -0.25) is 29.1 Å². The number of β-lactam (4-membered cyclic amide) rings is 1. The van der Waals surface area contributed by atoms with Gasteiger partial charge in [0.25, 0.3) is 5.91 Å². The summed E-state index contributed by atoms with van der Waals surface area (Å²) in [7, 11) is -0.732. The molecule has 0 radical (unpaired) electrons. The zero-order valence-electron chi connectivity index (χ0n) is 12.8. The molecule has 3 rings (SSSR count). The molecule has 2 aliphatic heterocycles. The molecule has 1 saturated heterocycles. The van der Waals surface area contributed by atoms with Gasteiger partial charge in [0.1, 0.15) is 0 Å². The standard InChI is InChI=1S/C12H14N4O6S2/c1-15-12(13-8(17)9(18)14-15)23-4-6-3-16-10(19)7(22-2)11(16)24(20,21)5-6/h3,7,11H,4-5H2,1-2H3,(H,14,18)/t7?,11-/m1/s1. The molecule has 24 heavy (non-hydrogen) atoms. The first-order valence-corrected chi connectivity index (χ1v) is 9.51. The number of H-pyrrole nitrogens is 1. The maximum absolute atomic E-state index is 12.3. The molecule has 0 bridgehead atoms. The van der Waals surface area contributed by atoms with Crippen LogP contribution >= 0.6 is 11.8 Å². The molecule has 2 aliphatic rings. The van der Waals surface area contributed by atoms with E-state index < -0.39 is 38.3 Å². The summed E-state index contributed by atoms with van der Waals surface area (Å²) in [6.45, 7) is 0. The number of methoxy groups -OCH3 is 1. The highest BCUT2D eigenvalue weighted by molar-refractivity contribution is 7.99. The summed E-state index contributed by atoms with van der Waals surface area (Å²) >= 11 is 1.09. The van der Waals surface area contributed by atoms with Gasteiger partial charge in [0.15, 0.2) is 26.5 Å². The molecule has 10 nitrogen and oxygen atoms in total. The number of sulfone groups is 1. The number of ether oxygens (including phenoxy) is 1. The van der Waals surface area contributed by atoms with Crippen LogP contribution in [0.5, 0.6) is 0 Å². The van der Waals surface area contributed by atoms with E-state index in [2.05, 4.69) is 10.1 Å². The molecule has 1 aromatic rings. The van der Waals surface area contributed by atoms with Gasteiger partial charge in [-0.05, 0) is 5.57 Å². The van der Waals surface area contributed by atoms with Gasteiger partial charge in [-0.2, -0.15) is 4.98 Å². The monoisotopic (exact) mass is 374 g/mol. The van der Waals surface area contributed by atoms with E-state index in [0.717, 1.165) is 16.7 Å². The van der Waals surface area contributed by atoms with Crippen LogP contribution in [-0.4, -0.2) is 64.1 Å². The zero-order valence-corrected chi connectivity index (χ0v) is 14.4. The van der Waals surface area contributed by atoms with Crippen molar-refractivity contribution in [1.29, 1.82) is 0 Å². The third-order valence-electron chi connectivity index (χ3n) is 3.70. The van der Waals surface area contributed by atoms with Gasteiger partial charge in [-0.15, -0.1) is 0 Å². The highest BCUT2D eigenvalue weighted by Gasteiger charge is 2.56. The lowest BCUT2D eigenvalue weighted by Crippen LogP contribution is -2.68. The topological polar surface area (TPSA) is 131 Å². The third-order valence-corrected chi connectivity index (χ3v) is 6.82. The highest BCUT2D eigenvalue weighted by atomic mass is 32.2. The van der Waals surface area contributed by atoms with Gasteiger partial charge < -0.3 is 4.74 Å². The molecule has 2 atom stereocenters. The predicted molar refractivity (Wildman–Crippen MR) is 84.1 cm³/mol. The second-order valence-electron chi connectivity index (χ2n) is 5.38. The summed E-state index contributed by atoms with van der Waals surface area (Å²) in [5.74, 6) is -0.395. The van der Waals surface area contributed by atoms with E-state index in [1.165, 1.54) is 25.0 Å². The first-order valence-electron chi connectivity index (χ1n) is 6.81. The smallest absolute Gasteiger partial charge is 0.339 e. The second-order valence-corrected chi connectivity index (χ2v) is 8.41. The Hall–Kier alpha value is -1.92. The van der Waals surface area contributed by atoms with Crippen molar-refractivity contribution in [2.45, 2.75) is 16.6 Å². The van der Waals surface area contributed by atoms with Crippen LogP contribution < -0.4 is 11.1 Å². The van der Waals surface area contributed by atoms with Crippen LogP contribution in [0.2, 0.25) is 0 Å². The zero-order chi connectivity index (χ0) is 17.6. The van der Waals surface area contributed by atoms with Crippen LogP contribution in [0.3, 0.4) is 0 Å². The molecule has 130 valence electrons. The van der Waals surface area contributed by atoms with E-state index in [4.69, 9.17) is 4.74 Å². The lowest BCUT2D eigenvalue weighted by molar-refractivity contribution is -0.157. The van der Waals surface area contributed by atoms with Crippen LogP contribution in [0, 0.1) is 0 Å². The van der Waals surface area contributed by atoms with E-state index in [1.807, 2.05) is 0 Å². The molecule has 1 fully saturated rings. The van der Waals surface area contributed by atoms with Crippen molar-refractivity contribution in [2.75, 3.05) is 18.6 Å². The summed E-state index contributed by atoms with van der Waals surface area (Å²) in [5.41, 5.74) is -1.25. The molecule has 1 unspecified atom stereocenters. The maximum atomic E-state index is 12.3. The van der Waals surface area contributed by atoms with Crippen LogP contribution in [0.4, 0.5) is 0 Å². The highest BCUT2D eigenvalue weighted by Crippen LogP contribution is 2.34. The average Bonchev–Trinajstić information content (AvgIpc) is 2.50. The van der Waals surface area contributed by atoms with Crippen LogP contribution in [-0.2, 0) is 26.4 Å². The van der Waals surface area contributed by atoms with Crippen molar-refractivity contribution in [3.8, 4) is 0 Å². The number of aromatic nitrogens is 3. The van der Waals surface area contributed by atoms with Gasteiger partial charge >= 0.3 is 11.1 Å². The first kappa shape index (κ1) is 16.9. The van der Waals surface area contributed by atoms with Gasteiger partial charge in [0.05, 0.1) is 5.75 Å². The number of hydrogen-bond donors (Lipinski definition) is 1. The quantitative estimate of drug-likeness (QED) is 0.366. The normalized spacial score (nSPS) is 25.0. The number of rotatable bonds is 4. The van der Waals surface area contributed by atoms with Crippen LogP contribution in [0.25, 0.3) is 0 Å². The number of nitrogens with zero attached hydrogens (tertiary/aromatic N) is 3. The van der Waals surface area contributed by atoms with Crippen molar-refractivity contribution in [3.05, 3.63) is 32.5 Å². The fourth-order valence-corrected chi connectivity index (χ4v) is 5.56. The van der Waals surface area contributed by atoms with E-state index in [0.29, 0.717) is 5.57 Å². The van der Waals surface area contributed by atoms with Crippen LogP contribution in [0.1, 0.15) is 0 Å². The lowest BCUT2D eigenvalue weighted by atomic mass is 10.1. The molecule has 1 aromatic heterocycles. The number of carbonyl (C=O) groups excluding carboxylic acids is 1. The van der Waals surface area contributed by atoms with E-state index in [9.17, 15) is 22.8 Å². The lowest BCUT2D eigenvalue weighted by Gasteiger charge is -2.45. The molecule has 3 heterocycles. The maximum Gasteiger partial charge on any atom is 0.339 e. The summed E-state index contributed by atoms with van der Waals surface area (Å²) in [5, 5.41) is 1.57. The Labute approximate surface area is 140 Å². The van der Waals surface area contributed by atoms with Crippen molar-refractivity contribution < 1.29 is 17.9 Å². The number of amides is 1. The van der Waals surface area contributed by atoms with Gasteiger partial charge in [-0.25, -0.2) is 8.42 Å². The number of aryl methyl sites for hydroxylation is 1. The summed E-state index contributed by atoms with van der Waals surface area (Å²) in [6.07, 6.45) is 0.544. The second kappa shape index (κ2) is 5.86. The van der Waals surface area contributed by atoms with Crippen molar-refractivity contribution in [2.24, 2.45) is 7.05 Å². The molecule has 0 saturated carbocycles.